The molecule has 4 heteroatoms. The van der Waals surface area contributed by atoms with Gasteiger partial charge in [0, 0.05) is 22.6 Å². The molecule has 0 N–H and O–H groups in total. The van der Waals surface area contributed by atoms with Crippen LogP contribution in [0.3, 0.4) is 0 Å². The number of carbonyl (C=O) groups excluding carboxylic acids is 1. The quantitative estimate of drug-likeness (QED) is 0.825. The predicted molar refractivity (Wildman–Crippen MR) is 87.6 cm³/mol. The Balaban J connectivity index is 2.26. The minimum Gasteiger partial charge on any atom is -0.496 e. The summed E-state index contributed by atoms with van der Waals surface area (Å²) in [4.78, 5) is 14.3. The number of hydrogen-bond donors (Lipinski definition) is 0. The van der Waals surface area contributed by atoms with E-state index in [1.807, 2.05) is 55.5 Å². The number of benzene rings is 2. The van der Waals surface area contributed by atoms with Gasteiger partial charge in [0.1, 0.15) is 5.75 Å². The highest BCUT2D eigenvalue weighted by molar-refractivity contribution is 9.10. The van der Waals surface area contributed by atoms with Gasteiger partial charge in [0.05, 0.1) is 13.2 Å². The highest BCUT2D eigenvalue weighted by Crippen LogP contribution is 2.29. The molecule has 0 aliphatic carbocycles. The Kier molecular flexibility index (Phi) is 5.02. The first kappa shape index (κ1) is 15.6. The fourth-order valence-electron chi connectivity index (χ4n) is 2.22. The summed E-state index contributed by atoms with van der Waals surface area (Å²) >= 11 is 3.39. The first-order valence-corrected chi connectivity index (χ1v) is 7.49. The van der Waals surface area contributed by atoms with E-state index in [0.29, 0.717) is 5.56 Å². The van der Waals surface area contributed by atoms with Gasteiger partial charge in [-0.15, -0.1) is 0 Å². The Morgan fingerprint density at radius 1 is 1.19 bits per heavy atom. The topological polar surface area (TPSA) is 29.5 Å². The molecule has 0 spiro atoms. The molecule has 1 amide bonds. The average molecular weight is 348 g/mol. The maximum Gasteiger partial charge on any atom is 0.254 e. The third-order valence-electron chi connectivity index (χ3n) is 3.56. The number of carbonyl (C=O) groups is 1. The molecule has 110 valence electrons. The van der Waals surface area contributed by atoms with Crippen molar-refractivity contribution in [1.82, 2.24) is 4.90 Å². The van der Waals surface area contributed by atoms with Crippen LogP contribution in [0.2, 0.25) is 0 Å². The lowest BCUT2D eigenvalue weighted by Gasteiger charge is -2.26. The van der Waals surface area contributed by atoms with Crippen LogP contribution < -0.4 is 4.74 Å². The van der Waals surface area contributed by atoms with Gasteiger partial charge in [0.25, 0.3) is 5.91 Å². The molecule has 21 heavy (non-hydrogen) atoms. The minimum absolute atomic E-state index is 0.0188. The molecule has 1 atom stereocenters. The zero-order valence-corrected chi connectivity index (χ0v) is 13.9. The van der Waals surface area contributed by atoms with Crippen LogP contribution in [0.5, 0.6) is 5.75 Å². The first-order chi connectivity index (χ1) is 10.0. The number of hydrogen-bond acceptors (Lipinski definition) is 2. The fraction of sp³-hybridized carbons (Fsp3) is 0.235. The van der Waals surface area contributed by atoms with Crippen molar-refractivity contribution >= 4 is 21.8 Å². The molecule has 2 rings (SSSR count). The van der Waals surface area contributed by atoms with Gasteiger partial charge in [-0.3, -0.25) is 4.79 Å². The second-order valence-corrected chi connectivity index (χ2v) is 5.76. The van der Waals surface area contributed by atoms with Gasteiger partial charge in [-0.1, -0.05) is 40.2 Å². The van der Waals surface area contributed by atoms with Crippen molar-refractivity contribution in [3.63, 3.8) is 0 Å². The normalized spacial score (nSPS) is 11.8. The second kappa shape index (κ2) is 6.76. The monoisotopic (exact) mass is 347 g/mol. The lowest BCUT2D eigenvalue weighted by Crippen LogP contribution is -2.29. The highest BCUT2D eigenvalue weighted by atomic mass is 79.9. The van der Waals surface area contributed by atoms with E-state index in [1.165, 1.54) is 0 Å². The van der Waals surface area contributed by atoms with Gasteiger partial charge in [-0.05, 0) is 31.2 Å². The van der Waals surface area contributed by atoms with Crippen molar-refractivity contribution in [2.24, 2.45) is 0 Å². The molecule has 2 aromatic carbocycles. The summed E-state index contributed by atoms with van der Waals surface area (Å²) in [6.45, 7) is 1.99. The van der Waals surface area contributed by atoms with E-state index >= 15 is 0 Å². The van der Waals surface area contributed by atoms with Crippen LogP contribution in [-0.4, -0.2) is 25.0 Å². The number of para-hydroxylation sites is 1. The summed E-state index contributed by atoms with van der Waals surface area (Å²) in [5.41, 5.74) is 1.65. The van der Waals surface area contributed by atoms with Gasteiger partial charge in [-0.25, -0.2) is 0 Å². The van der Waals surface area contributed by atoms with Crippen molar-refractivity contribution in [3.8, 4) is 5.75 Å². The number of halogens is 1. The number of ether oxygens (including phenoxy) is 1. The molecule has 3 nitrogen and oxygen atoms in total. The number of nitrogens with zero attached hydrogens (tertiary/aromatic N) is 1. The third-order valence-corrected chi connectivity index (χ3v) is 4.06. The largest absolute Gasteiger partial charge is 0.496 e. The molecule has 0 aromatic heterocycles. The van der Waals surface area contributed by atoms with Crippen LogP contribution in [0.25, 0.3) is 0 Å². The molecule has 0 saturated carbocycles. The zero-order valence-electron chi connectivity index (χ0n) is 12.3. The van der Waals surface area contributed by atoms with Crippen LogP contribution in [-0.2, 0) is 0 Å². The maximum absolute atomic E-state index is 12.6. The lowest BCUT2D eigenvalue weighted by atomic mass is 10.0. The van der Waals surface area contributed by atoms with Crippen molar-refractivity contribution in [3.05, 3.63) is 64.1 Å². The Morgan fingerprint density at radius 3 is 2.57 bits per heavy atom. The molecule has 0 bridgehead atoms. The van der Waals surface area contributed by atoms with E-state index in [4.69, 9.17) is 4.74 Å². The van der Waals surface area contributed by atoms with Crippen LogP contribution in [0.4, 0.5) is 0 Å². The van der Waals surface area contributed by atoms with E-state index in [9.17, 15) is 4.79 Å². The van der Waals surface area contributed by atoms with Crippen molar-refractivity contribution in [2.75, 3.05) is 14.2 Å². The van der Waals surface area contributed by atoms with Crippen molar-refractivity contribution < 1.29 is 9.53 Å². The lowest BCUT2D eigenvalue weighted by molar-refractivity contribution is 0.0741. The molecule has 0 radical (unpaired) electrons. The third kappa shape index (κ3) is 3.45. The molecular weight excluding hydrogens is 330 g/mol. The molecule has 0 aliphatic rings. The van der Waals surface area contributed by atoms with Crippen molar-refractivity contribution in [1.29, 1.82) is 0 Å². The van der Waals surface area contributed by atoms with Gasteiger partial charge in [0.15, 0.2) is 0 Å². The van der Waals surface area contributed by atoms with Crippen LogP contribution in [0.1, 0.15) is 28.9 Å². The summed E-state index contributed by atoms with van der Waals surface area (Å²) < 4.78 is 6.27. The fourth-order valence-corrected chi connectivity index (χ4v) is 2.62. The van der Waals surface area contributed by atoms with Gasteiger partial charge in [0.2, 0.25) is 0 Å². The summed E-state index contributed by atoms with van der Waals surface area (Å²) in [6.07, 6.45) is 0. The van der Waals surface area contributed by atoms with E-state index in [-0.39, 0.29) is 11.9 Å². The molecule has 0 fully saturated rings. The van der Waals surface area contributed by atoms with E-state index in [1.54, 1.807) is 19.1 Å². The van der Waals surface area contributed by atoms with E-state index in [2.05, 4.69) is 15.9 Å². The summed E-state index contributed by atoms with van der Waals surface area (Å²) in [5.74, 6) is 0.772. The Morgan fingerprint density at radius 2 is 1.90 bits per heavy atom. The van der Waals surface area contributed by atoms with Gasteiger partial charge in [-0.2, -0.15) is 0 Å². The number of methoxy groups -OCH3 is 1. The number of amides is 1. The predicted octanol–water partition coefficient (Wildman–Crippen LogP) is 4.29. The molecule has 0 aliphatic heterocycles. The SMILES string of the molecule is COc1ccccc1C(C)N(C)C(=O)c1cccc(Br)c1. The summed E-state index contributed by atoms with van der Waals surface area (Å²) in [7, 11) is 3.45. The van der Waals surface area contributed by atoms with Crippen LogP contribution in [0, 0.1) is 0 Å². The molecule has 1 unspecified atom stereocenters. The minimum atomic E-state index is -0.0763. The first-order valence-electron chi connectivity index (χ1n) is 6.70. The van der Waals surface area contributed by atoms with Crippen molar-refractivity contribution in [2.45, 2.75) is 13.0 Å². The molecule has 2 aromatic rings. The smallest absolute Gasteiger partial charge is 0.254 e. The summed E-state index contributed by atoms with van der Waals surface area (Å²) in [5, 5.41) is 0. The average Bonchev–Trinajstić information content (AvgIpc) is 2.52. The van der Waals surface area contributed by atoms with E-state index in [0.717, 1.165) is 15.8 Å². The highest BCUT2D eigenvalue weighted by Gasteiger charge is 2.21. The van der Waals surface area contributed by atoms with Crippen LogP contribution in [0.15, 0.2) is 53.0 Å². The zero-order chi connectivity index (χ0) is 15.4. The number of rotatable bonds is 4. The van der Waals surface area contributed by atoms with Crippen LogP contribution >= 0.6 is 15.9 Å². The Hall–Kier alpha value is -1.81. The molecule has 0 heterocycles. The molecule has 0 saturated heterocycles. The van der Waals surface area contributed by atoms with Gasteiger partial charge >= 0.3 is 0 Å². The maximum atomic E-state index is 12.6. The molecular formula is C17H18BrNO2. The van der Waals surface area contributed by atoms with Gasteiger partial charge < -0.3 is 9.64 Å². The standard InChI is InChI=1S/C17H18BrNO2/c1-12(15-9-4-5-10-16(15)21-3)19(2)17(20)13-7-6-8-14(18)11-13/h4-12H,1-3H3. The van der Waals surface area contributed by atoms with E-state index < -0.39 is 0 Å². The second-order valence-electron chi connectivity index (χ2n) is 4.84. The Bertz CT molecular complexity index is 642. The summed E-state index contributed by atoms with van der Waals surface area (Å²) in [6, 6.07) is 15.1. The Labute approximate surface area is 133 Å².